The van der Waals surface area contributed by atoms with E-state index in [2.05, 4.69) is 10.3 Å². The number of hydrogen-bond donors (Lipinski definition) is 1. The maximum absolute atomic E-state index is 13.0. The highest BCUT2D eigenvalue weighted by molar-refractivity contribution is 5.99. The van der Waals surface area contributed by atoms with Crippen molar-refractivity contribution in [1.29, 1.82) is 0 Å². The number of anilines is 3. The molecule has 0 aliphatic carbocycles. The summed E-state index contributed by atoms with van der Waals surface area (Å²) in [6, 6.07) is 16.2. The third-order valence-electron chi connectivity index (χ3n) is 4.63. The van der Waals surface area contributed by atoms with Crippen molar-refractivity contribution in [3.8, 4) is 0 Å². The SMILES string of the molecule is CC(C)N(C(=O)COC(=O)c1cccnc1Nc1cccc(C(F)(F)F)c1)c1ccccc1. The average Bonchev–Trinajstić information content (AvgIpc) is 2.78. The first-order valence-corrected chi connectivity index (χ1v) is 10.1. The molecule has 172 valence electrons. The highest BCUT2D eigenvalue weighted by Crippen LogP contribution is 2.31. The van der Waals surface area contributed by atoms with Crippen LogP contribution in [0.4, 0.5) is 30.4 Å². The number of para-hydroxylation sites is 1. The van der Waals surface area contributed by atoms with Crippen LogP contribution in [0.2, 0.25) is 0 Å². The number of nitrogens with one attached hydrogen (secondary N) is 1. The third-order valence-corrected chi connectivity index (χ3v) is 4.63. The van der Waals surface area contributed by atoms with Crippen LogP contribution in [0.5, 0.6) is 0 Å². The van der Waals surface area contributed by atoms with Crippen LogP contribution in [0.15, 0.2) is 72.9 Å². The fraction of sp³-hybridized carbons (Fsp3) is 0.208. The molecule has 1 amide bonds. The number of benzene rings is 2. The van der Waals surface area contributed by atoms with E-state index in [0.29, 0.717) is 5.69 Å². The Kier molecular flexibility index (Phi) is 7.32. The number of carbonyl (C=O) groups is 2. The number of alkyl halides is 3. The van der Waals surface area contributed by atoms with Gasteiger partial charge in [0.1, 0.15) is 11.4 Å². The van der Waals surface area contributed by atoms with Crippen molar-refractivity contribution in [2.75, 3.05) is 16.8 Å². The fourth-order valence-corrected chi connectivity index (χ4v) is 3.17. The maximum atomic E-state index is 13.0. The first kappa shape index (κ1) is 23.8. The zero-order valence-corrected chi connectivity index (χ0v) is 18.0. The van der Waals surface area contributed by atoms with Crippen molar-refractivity contribution in [2.45, 2.75) is 26.1 Å². The summed E-state index contributed by atoms with van der Waals surface area (Å²) >= 11 is 0. The van der Waals surface area contributed by atoms with Gasteiger partial charge in [0.2, 0.25) is 0 Å². The first-order chi connectivity index (χ1) is 15.7. The zero-order chi connectivity index (χ0) is 24.0. The van der Waals surface area contributed by atoms with Crippen LogP contribution >= 0.6 is 0 Å². The molecule has 0 spiro atoms. The lowest BCUT2D eigenvalue weighted by Crippen LogP contribution is -2.39. The van der Waals surface area contributed by atoms with Crippen molar-refractivity contribution in [2.24, 2.45) is 0 Å². The summed E-state index contributed by atoms with van der Waals surface area (Å²) in [7, 11) is 0. The van der Waals surface area contributed by atoms with Gasteiger partial charge in [-0.1, -0.05) is 24.3 Å². The molecule has 1 heterocycles. The molecule has 0 saturated carbocycles. The molecule has 0 unspecified atom stereocenters. The summed E-state index contributed by atoms with van der Waals surface area (Å²) in [4.78, 5) is 31.0. The zero-order valence-electron chi connectivity index (χ0n) is 18.0. The molecule has 0 aliphatic rings. The molecule has 0 bridgehead atoms. The Balaban J connectivity index is 1.73. The highest BCUT2D eigenvalue weighted by Gasteiger charge is 2.30. The summed E-state index contributed by atoms with van der Waals surface area (Å²) in [6.07, 6.45) is -3.13. The standard InChI is InChI=1S/C24H22F3N3O3/c1-16(2)30(19-10-4-3-5-11-19)21(31)15-33-23(32)20-12-7-13-28-22(20)29-18-9-6-8-17(14-18)24(25,26)27/h3-14,16H,15H2,1-2H3,(H,28,29). The summed E-state index contributed by atoms with van der Waals surface area (Å²) in [5.74, 6) is -1.23. The van der Waals surface area contributed by atoms with E-state index in [1.165, 1.54) is 35.4 Å². The molecular formula is C24H22F3N3O3. The van der Waals surface area contributed by atoms with Crippen LogP contribution in [0, 0.1) is 0 Å². The average molecular weight is 457 g/mol. The fourth-order valence-electron chi connectivity index (χ4n) is 3.17. The van der Waals surface area contributed by atoms with E-state index in [-0.39, 0.29) is 23.1 Å². The number of hydrogen-bond acceptors (Lipinski definition) is 5. The van der Waals surface area contributed by atoms with E-state index < -0.39 is 30.2 Å². The molecular weight excluding hydrogens is 435 g/mol. The molecule has 0 fully saturated rings. The second-order valence-corrected chi connectivity index (χ2v) is 7.37. The lowest BCUT2D eigenvalue weighted by molar-refractivity contribution is -0.137. The topological polar surface area (TPSA) is 71.5 Å². The van der Waals surface area contributed by atoms with Crippen LogP contribution in [-0.2, 0) is 15.7 Å². The van der Waals surface area contributed by atoms with Crippen LogP contribution < -0.4 is 10.2 Å². The van der Waals surface area contributed by atoms with Gasteiger partial charge in [-0.3, -0.25) is 4.79 Å². The second kappa shape index (κ2) is 10.2. The molecule has 9 heteroatoms. The number of ether oxygens (including phenoxy) is 1. The van der Waals surface area contributed by atoms with E-state index in [9.17, 15) is 22.8 Å². The lowest BCUT2D eigenvalue weighted by atomic mass is 10.2. The largest absolute Gasteiger partial charge is 0.452 e. The van der Waals surface area contributed by atoms with Crippen LogP contribution in [0.25, 0.3) is 0 Å². The lowest BCUT2D eigenvalue weighted by Gasteiger charge is -2.26. The van der Waals surface area contributed by atoms with Gasteiger partial charge in [0.15, 0.2) is 6.61 Å². The van der Waals surface area contributed by atoms with Gasteiger partial charge in [0, 0.05) is 23.6 Å². The van der Waals surface area contributed by atoms with Crippen molar-refractivity contribution in [3.63, 3.8) is 0 Å². The smallest absolute Gasteiger partial charge is 0.416 e. The van der Waals surface area contributed by atoms with Crippen molar-refractivity contribution in [1.82, 2.24) is 4.98 Å². The molecule has 0 atom stereocenters. The van der Waals surface area contributed by atoms with E-state index in [4.69, 9.17) is 4.74 Å². The molecule has 1 aromatic heterocycles. The van der Waals surface area contributed by atoms with Crippen molar-refractivity contribution >= 4 is 29.1 Å². The van der Waals surface area contributed by atoms with E-state index in [1.807, 2.05) is 19.9 Å². The van der Waals surface area contributed by atoms with Gasteiger partial charge in [-0.2, -0.15) is 13.2 Å². The van der Waals surface area contributed by atoms with E-state index in [1.54, 1.807) is 24.3 Å². The number of rotatable bonds is 7. The molecule has 33 heavy (non-hydrogen) atoms. The number of nitrogens with zero attached hydrogens (tertiary/aromatic N) is 2. The predicted molar refractivity (Wildman–Crippen MR) is 118 cm³/mol. The number of esters is 1. The number of aromatic nitrogens is 1. The second-order valence-electron chi connectivity index (χ2n) is 7.37. The van der Waals surface area contributed by atoms with Gasteiger partial charge < -0.3 is 15.0 Å². The van der Waals surface area contributed by atoms with Crippen molar-refractivity contribution < 1.29 is 27.5 Å². The van der Waals surface area contributed by atoms with Crippen LogP contribution in [0.1, 0.15) is 29.8 Å². The molecule has 3 aromatic rings. The molecule has 3 rings (SSSR count). The Bertz CT molecular complexity index is 1120. The minimum atomic E-state index is -4.51. The maximum Gasteiger partial charge on any atom is 0.416 e. The Labute approximate surface area is 189 Å². The highest BCUT2D eigenvalue weighted by atomic mass is 19.4. The number of pyridine rings is 1. The summed E-state index contributed by atoms with van der Waals surface area (Å²) in [5.41, 5.74) is -0.0862. The first-order valence-electron chi connectivity index (χ1n) is 10.1. The number of carbonyl (C=O) groups excluding carboxylic acids is 2. The monoisotopic (exact) mass is 457 g/mol. The van der Waals surface area contributed by atoms with Crippen LogP contribution in [-0.4, -0.2) is 29.5 Å². The predicted octanol–water partition coefficient (Wildman–Crippen LogP) is 5.44. The summed E-state index contributed by atoms with van der Waals surface area (Å²) in [6.45, 7) is 3.17. The third kappa shape index (κ3) is 6.09. The quantitative estimate of drug-likeness (QED) is 0.478. The number of halogens is 3. The molecule has 1 N–H and O–H groups in total. The number of amides is 1. The van der Waals surface area contributed by atoms with E-state index >= 15 is 0 Å². The molecule has 0 saturated heterocycles. The normalized spacial score (nSPS) is 11.2. The Hall–Kier alpha value is -3.88. The minimum absolute atomic E-state index is 0.0121. The Morgan fingerprint density at radius 2 is 1.76 bits per heavy atom. The molecule has 2 aromatic carbocycles. The summed E-state index contributed by atoms with van der Waals surface area (Å²) in [5, 5.41) is 2.71. The van der Waals surface area contributed by atoms with Gasteiger partial charge >= 0.3 is 12.1 Å². The minimum Gasteiger partial charge on any atom is -0.452 e. The van der Waals surface area contributed by atoms with Gasteiger partial charge in [0.25, 0.3) is 5.91 Å². The molecule has 0 radical (unpaired) electrons. The Morgan fingerprint density at radius 3 is 2.42 bits per heavy atom. The van der Waals surface area contributed by atoms with Crippen LogP contribution in [0.3, 0.4) is 0 Å². The van der Waals surface area contributed by atoms with Gasteiger partial charge in [0.05, 0.1) is 5.56 Å². The van der Waals surface area contributed by atoms with Gasteiger partial charge in [-0.15, -0.1) is 0 Å². The molecule has 6 nitrogen and oxygen atoms in total. The van der Waals surface area contributed by atoms with Crippen molar-refractivity contribution in [3.05, 3.63) is 84.1 Å². The molecule has 0 aliphatic heterocycles. The van der Waals surface area contributed by atoms with Gasteiger partial charge in [-0.05, 0) is 56.3 Å². The van der Waals surface area contributed by atoms with E-state index in [0.717, 1.165) is 12.1 Å². The van der Waals surface area contributed by atoms with Gasteiger partial charge in [-0.25, -0.2) is 9.78 Å². The summed E-state index contributed by atoms with van der Waals surface area (Å²) < 4.78 is 44.2. The Morgan fingerprint density at radius 1 is 1.03 bits per heavy atom.